The SMILES string of the molecule is O=C(CCNC(=O)c1ccc2ccccc2c1)NCc1ccc(-n2cnc3ccccc32)nc1. The van der Waals surface area contributed by atoms with Crippen LogP contribution in [-0.2, 0) is 11.3 Å². The highest BCUT2D eigenvalue weighted by molar-refractivity contribution is 5.98. The minimum Gasteiger partial charge on any atom is -0.352 e. The molecule has 168 valence electrons. The van der Waals surface area contributed by atoms with Gasteiger partial charge in [-0.3, -0.25) is 14.2 Å². The number of aromatic nitrogens is 3. The lowest BCUT2D eigenvalue weighted by Crippen LogP contribution is -2.30. The van der Waals surface area contributed by atoms with Gasteiger partial charge in [-0.05, 0) is 46.7 Å². The first-order chi connectivity index (χ1) is 16.7. The summed E-state index contributed by atoms with van der Waals surface area (Å²) in [6.07, 6.45) is 3.69. The van der Waals surface area contributed by atoms with Crippen molar-refractivity contribution < 1.29 is 9.59 Å². The molecule has 7 heteroatoms. The molecule has 0 unspecified atom stereocenters. The summed E-state index contributed by atoms with van der Waals surface area (Å²) in [5.41, 5.74) is 3.37. The zero-order chi connectivity index (χ0) is 23.3. The van der Waals surface area contributed by atoms with E-state index in [1.54, 1.807) is 18.6 Å². The van der Waals surface area contributed by atoms with Crippen LogP contribution in [0.1, 0.15) is 22.3 Å². The monoisotopic (exact) mass is 449 g/mol. The number of nitrogens with one attached hydrogen (secondary N) is 2. The molecule has 0 bridgehead atoms. The van der Waals surface area contributed by atoms with Gasteiger partial charge in [-0.15, -0.1) is 0 Å². The topological polar surface area (TPSA) is 88.9 Å². The average Bonchev–Trinajstić information content (AvgIpc) is 3.31. The third-order valence-electron chi connectivity index (χ3n) is 5.65. The molecule has 0 spiro atoms. The molecule has 5 rings (SSSR count). The standard InChI is InChI=1S/C27H23N5O2/c33-26(13-14-28-27(34)22-11-10-20-5-1-2-6-21(20)15-22)30-17-19-9-12-25(29-16-19)32-18-31-23-7-3-4-8-24(23)32/h1-12,15-16,18H,13-14,17H2,(H,28,34)(H,30,33). The number of fused-ring (bicyclic) bond motifs is 2. The minimum atomic E-state index is -0.189. The molecule has 34 heavy (non-hydrogen) atoms. The Balaban J connectivity index is 1.10. The van der Waals surface area contributed by atoms with Crippen LogP contribution in [0.2, 0.25) is 0 Å². The summed E-state index contributed by atoms with van der Waals surface area (Å²) in [5, 5.41) is 7.77. The third kappa shape index (κ3) is 4.63. The number of imidazole rings is 1. The summed E-state index contributed by atoms with van der Waals surface area (Å²) in [4.78, 5) is 33.5. The smallest absolute Gasteiger partial charge is 0.251 e. The van der Waals surface area contributed by atoms with Crippen LogP contribution in [0.3, 0.4) is 0 Å². The normalized spacial score (nSPS) is 10.9. The Labute approximate surface area is 196 Å². The maximum absolute atomic E-state index is 12.4. The molecule has 0 radical (unpaired) electrons. The quantitative estimate of drug-likeness (QED) is 0.393. The van der Waals surface area contributed by atoms with Gasteiger partial charge >= 0.3 is 0 Å². The van der Waals surface area contributed by atoms with Crippen LogP contribution >= 0.6 is 0 Å². The Hall–Kier alpha value is -4.52. The van der Waals surface area contributed by atoms with Crippen molar-refractivity contribution in [1.82, 2.24) is 25.2 Å². The molecule has 7 nitrogen and oxygen atoms in total. The molecule has 0 aliphatic carbocycles. The Morgan fingerprint density at radius 1 is 0.824 bits per heavy atom. The van der Waals surface area contributed by atoms with Gasteiger partial charge in [0.25, 0.3) is 5.91 Å². The number of carbonyl (C=O) groups is 2. The van der Waals surface area contributed by atoms with Gasteiger partial charge in [-0.1, -0.05) is 48.5 Å². The Kier molecular flexibility index (Phi) is 5.99. The molecule has 0 saturated carbocycles. The van der Waals surface area contributed by atoms with Crippen molar-refractivity contribution in [3.8, 4) is 5.82 Å². The van der Waals surface area contributed by atoms with Crippen LogP contribution in [0, 0.1) is 0 Å². The van der Waals surface area contributed by atoms with Gasteiger partial charge in [-0.25, -0.2) is 9.97 Å². The maximum atomic E-state index is 12.4. The summed E-state index contributed by atoms with van der Waals surface area (Å²) in [6, 6.07) is 25.2. The van der Waals surface area contributed by atoms with Gasteiger partial charge in [0, 0.05) is 31.3 Å². The molecule has 2 N–H and O–H groups in total. The van der Waals surface area contributed by atoms with Crippen molar-refractivity contribution in [2.45, 2.75) is 13.0 Å². The number of para-hydroxylation sites is 2. The summed E-state index contributed by atoms with van der Waals surface area (Å²) >= 11 is 0. The first-order valence-electron chi connectivity index (χ1n) is 11.1. The maximum Gasteiger partial charge on any atom is 0.251 e. The molecule has 0 atom stereocenters. The average molecular weight is 450 g/mol. The van der Waals surface area contributed by atoms with Crippen molar-refractivity contribution in [3.05, 3.63) is 103 Å². The number of carbonyl (C=O) groups excluding carboxylic acids is 2. The fourth-order valence-electron chi connectivity index (χ4n) is 3.82. The molecular weight excluding hydrogens is 426 g/mol. The third-order valence-corrected chi connectivity index (χ3v) is 5.65. The molecule has 3 aromatic carbocycles. The first kappa shape index (κ1) is 21.3. The zero-order valence-electron chi connectivity index (χ0n) is 18.4. The summed E-state index contributed by atoms with van der Waals surface area (Å²) < 4.78 is 1.93. The Bertz CT molecular complexity index is 1470. The van der Waals surface area contributed by atoms with Crippen molar-refractivity contribution >= 4 is 33.6 Å². The molecular formula is C27H23N5O2. The van der Waals surface area contributed by atoms with E-state index in [-0.39, 0.29) is 24.8 Å². The van der Waals surface area contributed by atoms with E-state index in [0.717, 1.165) is 33.2 Å². The lowest BCUT2D eigenvalue weighted by Gasteiger charge is -2.08. The van der Waals surface area contributed by atoms with E-state index in [0.29, 0.717) is 12.1 Å². The highest BCUT2D eigenvalue weighted by Crippen LogP contribution is 2.17. The van der Waals surface area contributed by atoms with Gasteiger partial charge in [0.15, 0.2) is 0 Å². The van der Waals surface area contributed by atoms with E-state index in [2.05, 4.69) is 20.6 Å². The fraction of sp³-hybridized carbons (Fsp3) is 0.111. The van der Waals surface area contributed by atoms with Crippen LogP contribution in [0.4, 0.5) is 0 Å². The number of hydrogen-bond donors (Lipinski definition) is 2. The number of rotatable bonds is 7. The van der Waals surface area contributed by atoms with Crippen LogP contribution in [0.15, 0.2) is 91.4 Å². The predicted octanol–water partition coefficient (Wildman–Crippen LogP) is 4.01. The number of amides is 2. The largest absolute Gasteiger partial charge is 0.352 e. The second kappa shape index (κ2) is 9.54. The van der Waals surface area contributed by atoms with Gasteiger partial charge in [0.05, 0.1) is 11.0 Å². The van der Waals surface area contributed by atoms with Crippen LogP contribution in [0.25, 0.3) is 27.6 Å². The van der Waals surface area contributed by atoms with Gasteiger partial charge < -0.3 is 10.6 Å². The highest BCUT2D eigenvalue weighted by Gasteiger charge is 2.09. The molecule has 0 aliphatic rings. The van der Waals surface area contributed by atoms with Crippen molar-refractivity contribution in [2.75, 3.05) is 6.54 Å². The van der Waals surface area contributed by atoms with Gasteiger partial charge in [0.1, 0.15) is 12.1 Å². The van der Waals surface area contributed by atoms with E-state index >= 15 is 0 Å². The zero-order valence-corrected chi connectivity index (χ0v) is 18.4. The lowest BCUT2D eigenvalue weighted by molar-refractivity contribution is -0.121. The van der Waals surface area contributed by atoms with Crippen molar-refractivity contribution in [2.24, 2.45) is 0 Å². The van der Waals surface area contributed by atoms with Crippen molar-refractivity contribution in [1.29, 1.82) is 0 Å². The van der Waals surface area contributed by atoms with Crippen LogP contribution in [-0.4, -0.2) is 32.9 Å². The predicted molar refractivity (Wildman–Crippen MR) is 132 cm³/mol. The molecule has 2 amide bonds. The molecule has 0 saturated heterocycles. The summed E-state index contributed by atoms with van der Waals surface area (Å²) in [6.45, 7) is 0.637. The molecule has 5 aromatic rings. The van der Waals surface area contributed by atoms with E-state index in [1.165, 1.54) is 0 Å². The number of hydrogen-bond acceptors (Lipinski definition) is 4. The molecule has 2 aromatic heterocycles. The highest BCUT2D eigenvalue weighted by atomic mass is 16.2. The molecule has 0 fully saturated rings. The number of nitrogens with zero attached hydrogens (tertiary/aromatic N) is 3. The summed E-state index contributed by atoms with van der Waals surface area (Å²) in [7, 11) is 0. The Morgan fingerprint density at radius 2 is 1.65 bits per heavy atom. The number of benzene rings is 3. The fourth-order valence-corrected chi connectivity index (χ4v) is 3.82. The lowest BCUT2D eigenvalue weighted by atomic mass is 10.1. The van der Waals surface area contributed by atoms with E-state index < -0.39 is 0 Å². The van der Waals surface area contributed by atoms with E-state index in [1.807, 2.05) is 77.4 Å². The number of pyridine rings is 1. The second-order valence-electron chi connectivity index (χ2n) is 7.97. The minimum absolute atomic E-state index is 0.136. The summed E-state index contributed by atoms with van der Waals surface area (Å²) in [5.74, 6) is 0.439. The molecule has 0 aliphatic heterocycles. The van der Waals surface area contributed by atoms with Crippen molar-refractivity contribution in [3.63, 3.8) is 0 Å². The van der Waals surface area contributed by atoms with E-state index in [4.69, 9.17) is 0 Å². The van der Waals surface area contributed by atoms with E-state index in [9.17, 15) is 9.59 Å². The van der Waals surface area contributed by atoms with Gasteiger partial charge in [-0.2, -0.15) is 0 Å². The van der Waals surface area contributed by atoms with Crippen LogP contribution in [0.5, 0.6) is 0 Å². The Morgan fingerprint density at radius 3 is 2.50 bits per heavy atom. The first-order valence-corrected chi connectivity index (χ1v) is 11.1. The molecule has 2 heterocycles. The van der Waals surface area contributed by atoms with Gasteiger partial charge in [0.2, 0.25) is 5.91 Å². The van der Waals surface area contributed by atoms with Crippen LogP contribution < -0.4 is 10.6 Å². The second-order valence-corrected chi connectivity index (χ2v) is 7.97.